The summed E-state index contributed by atoms with van der Waals surface area (Å²) in [5, 5.41) is 0. The van der Waals surface area contributed by atoms with Crippen LogP contribution in [0.3, 0.4) is 0 Å². The predicted octanol–water partition coefficient (Wildman–Crippen LogP) is 3.88. The highest BCUT2D eigenvalue weighted by Crippen LogP contribution is 2.28. The molecule has 0 N–H and O–H groups in total. The maximum absolute atomic E-state index is 13.0. The minimum Gasteiger partial charge on any atom is -0.469 e. The normalized spacial score (nSPS) is 13.8. The van der Waals surface area contributed by atoms with Gasteiger partial charge in [0.2, 0.25) is 0 Å². The molecule has 0 saturated carbocycles. The van der Waals surface area contributed by atoms with E-state index in [9.17, 15) is 9.18 Å². The van der Waals surface area contributed by atoms with E-state index in [-0.39, 0.29) is 23.8 Å². The zero-order chi connectivity index (χ0) is 15.0. The molecular formula is C16H23FO3. The van der Waals surface area contributed by atoms with Crippen LogP contribution in [0.5, 0.6) is 0 Å². The molecule has 3 nitrogen and oxygen atoms in total. The number of rotatable bonds is 8. The molecule has 0 aliphatic carbocycles. The molecule has 0 aromatic heterocycles. The highest BCUT2D eigenvalue weighted by Gasteiger charge is 2.24. The van der Waals surface area contributed by atoms with Crippen molar-refractivity contribution in [3.8, 4) is 0 Å². The lowest BCUT2D eigenvalue weighted by Crippen LogP contribution is -2.20. The summed E-state index contributed by atoms with van der Waals surface area (Å²) in [5.74, 6) is -0.670. The molecule has 0 saturated heterocycles. The zero-order valence-electron chi connectivity index (χ0n) is 12.4. The Balaban J connectivity index is 2.76. The largest absolute Gasteiger partial charge is 0.469 e. The SMILES string of the molecule is CCCC[C@H](CC(OC)c1ccc(F)cc1)C(=O)OC. The van der Waals surface area contributed by atoms with Crippen molar-refractivity contribution in [3.63, 3.8) is 0 Å². The lowest BCUT2D eigenvalue weighted by Gasteiger charge is -2.21. The molecule has 0 amide bonds. The van der Waals surface area contributed by atoms with Crippen LogP contribution in [0.25, 0.3) is 0 Å². The molecule has 0 aliphatic rings. The zero-order valence-corrected chi connectivity index (χ0v) is 12.4. The minimum absolute atomic E-state index is 0.185. The molecule has 112 valence electrons. The summed E-state index contributed by atoms with van der Waals surface area (Å²) in [6.45, 7) is 2.09. The summed E-state index contributed by atoms with van der Waals surface area (Å²) in [7, 11) is 3.00. The Kier molecular flexibility index (Phi) is 7.23. The minimum atomic E-state index is -0.279. The first-order chi connectivity index (χ1) is 9.62. The fourth-order valence-electron chi connectivity index (χ4n) is 2.25. The van der Waals surface area contributed by atoms with E-state index in [1.54, 1.807) is 19.2 Å². The van der Waals surface area contributed by atoms with Crippen LogP contribution in [0.4, 0.5) is 4.39 Å². The quantitative estimate of drug-likeness (QED) is 0.679. The van der Waals surface area contributed by atoms with Crippen LogP contribution in [-0.2, 0) is 14.3 Å². The monoisotopic (exact) mass is 282 g/mol. The number of carbonyl (C=O) groups excluding carboxylic acids is 1. The van der Waals surface area contributed by atoms with Crippen molar-refractivity contribution in [1.29, 1.82) is 0 Å². The maximum atomic E-state index is 13.0. The van der Waals surface area contributed by atoms with E-state index in [4.69, 9.17) is 9.47 Å². The van der Waals surface area contributed by atoms with Gasteiger partial charge in [0.1, 0.15) is 5.82 Å². The van der Waals surface area contributed by atoms with Gasteiger partial charge in [-0.05, 0) is 30.5 Å². The third-order valence-electron chi connectivity index (χ3n) is 3.47. The van der Waals surface area contributed by atoms with E-state index in [2.05, 4.69) is 6.92 Å². The smallest absolute Gasteiger partial charge is 0.308 e. The van der Waals surface area contributed by atoms with Crippen LogP contribution in [0, 0.1) is 11.7 Å². The molecule has 0 radical (unpaired) electrons. The van der Waals surface area contributed by atoms with Crippen molar-refractivity contribution < 1.29 is 18.7 Å². The summed E-state index contributed by atoms with van der Waals surface area (Å²) in [6, 6.07) is 6.19. The number of unbranched alkanes of at least 4 members (excludes halogenated alkanes) is 1. The van der Waals surface area contributed by atoms with Gasteiger partial charge >= 0.3 is 5.97 Å². The molecule has 0 fully saturated rings. The van der Waals surface area contributed by atoms with Crippen LogP contribution >= 0.6 is 0 Å². The predicted molar refractivity (Wildman–Crippen MR) is 75.8 cm³/mol. The molecule has 0 bridgehead atoms. The molecule has 1 unspecified atom stereocenters. The van der Waals surface area contributed by atoms with Crippen LogP contribution in [0.2, 0.25) is 0 Å². The standard InChI is InChI=1S/C16H23FO3/c1-4-5-6-13(16(18)20-3)11-15(19-2)12-7-9-14(17)10-8-12/h7-10,13,15H,4-6,11H2,1-3H3/t13-,15?/m1/s1. The fourth-order valence-corrected chi connectivity index (χ4v) is 2.25. The van der Waals surface area contributed by atoms with Gasteiger partial charge in [0.15, 0.2) is 0 Å². The first-order valence-corrected chi connectivity index (χ1v) is 6.98. The third kappa shape index (κ3) is 4.93. The number of ether oxygens (including phenoxy) is 2. The molecule has 20 heavy (non-hydrogen) atoms. The molecule has 0 heterocycles. The number of esters is 1. The van der Waals surface area contributed by atoms with Crippen molar-refractivity contribution in [2.45, 2.75) is 38.7 Å². The Hall–Kier alpha value is -1.42. The van der Waals surface area contributed by atoms with E-state index < -0.39 is 0 Å². The molecular weight excluding hydrogens is 259 g/mol. The number of methoxy groups -OCH3 is 2. The maximum Gasteiger partial charge on any atom is 0.308 e. The first kappa shape index (κ1) is 16.6. The van der Waals surface area contributed by atoms with Gasteiger partial charge in [0, 0.05) is 7.11 Å². The molecule has 1 aromatic rings. The average molecular weight is 282 g/mol. The summed E-state index contributed by atoms with van der Waals surface area (Å²) in [6.07, 6.45) is 3.11. The Labute approximate surface area is 120 Å². The van der Waals surface area contributed by atoms with E-state index >= 15 is 0 Å². The third-order valence-corrected chi connectivity index (χ3v) is 3.47. The molecule has 0 spiro atoms. The number of carbonyl (C=O) groups is 1. The highest BCUT2D eigenvalue weighted by molar-refractivity contribution is 5.72. The second-order valence-corrected chi connectivity index (χ2v) is 4.87. The van der Waals surface area contributed by atoms with Gasteiger partial charge in [-0.15, -0.1) is 0 Å². The van der Waals surface area contributed by atoms with Crippen LogP contribution in [0.1, 0.15) is 44.3 Å². The Morgan fingerprint density at radius 2 is 1.90 bits per heavy atom. The van der Waals surface area contributed by atoms with Crippen LogP contribution in [-0.4, -0.2) is 20.2 Å². The van der Waals surface area contributed by atoms with Gasteiger partial charge in [-0.25, -0.2) is 4.39 Å². The number of halogens is 1. The molecule has 4 heteroatoms. The highest BCUT2D eigenvalue weighted by atomic mass is 19.1. The average Bonchev–Trinajstić information content (AvgIpc) is 2.48. The Morgan fingerprint density at radius 3 is 2.40 bits per heavy atom. The topological polar surface area (TPSA) is 35.5 Å². The van der Waals surface area contributed by atoms with Crippen LogP contribution in [0.15, 0.2) is 24.3 Å². The lowest BCUT2D eigenvalue weighted by atomic mass is 9.92. The van der Waals surface area contributed by atoms with Crippen molar-refractivity contribution >= 4 is 5.97 Å². The van der Waals surface area contributed by atoms with Gasteiger partial charge in [-0.1, -0.05) is 31.9 Å². The van der Waals surface area contributed by atoms with Gasteiger partial charge < -0.3 is 9.47 Å². The second-order valence-electron chi connectivity index (χ2n) is 4.87. The fraction of sp³-hybridized carbons (Fsp3) is 0.562. The van der Waals surface area contributed by atoms with Gasteiger partial charge in [-0.3, -0.25) is 4.79 Å². The van der Waals surface area contributed by atoms with Crippen LogP contribution < -0.4 is 0 Å². The lowest BCUT2D eigenvalue weighted by molar-refractivity contribution is -0.147. The Morgan fingerprint density at radius 1 is 1.25 bits per heavy atom. The number of hydrogen-bond donors (Lipinski definition) is 0. The summed E-state index contributed by atoms with van der Waals surface area (Å²) < 4.78 is 23.3. The first-order valence-electron chi connectivity index (χ1n) is 6.98. The number of hydrogen-bond acceptors (Lipinski definition) is 3. The number of benzene rings is 1. The van der Waals surface area contributed by atoms with Gasteiger partial charge in [-0.2, -0.15) is 0 Å². The van der Waals surface area contributed by atoms with Crippen molar-refractivity contribution in [2.75, 3.05) is 14.2 Å². The molecule has 1 rings (SSSR count). The summed E-state index contributed by atoms with van der Waals surface area (Å²) in [5.41, 5.74) is 0.874. The van der Waals surface area contributed by atoms with Gasteiger partial charge in [0.25, 0.3) is 0 Å². The van der Waals surface area contributed by atoms with E-state index in [0.717, 1.165) is 24.8 Å². The molecule has 1 aromatic carbocycles. The summed E-state index contributed by atoms with van der Waals surface area (Å²) >= 11 is 0. The van der Waals surface area contributed by atoms with Crippen molar-refractivity contribution in [3.05, 3.63) is 35.6 Å². The summed E-state index contributed by atoms with van der Waals surface area (Å²) in [4.78, 5) is 11.8. The van der Waals surface area contributed by atoms with E-state index in [0.29, 0.717) is 6.42 Å². The second kappa shape index (κ2) is 8.69. The Bertz CT molecular complexity index is 403. The van der Waals surface area contributed by atoms with Crippen molar-refractivity contribution in [2.24, 2.45) is 5.92 Å². The molecule has 2 atom stereocenters. The van der Waals surface area contributed by atoms with E-state index in [1.807, 2.05) is 0 Å². The molecule has 0 aliphatic heterocycles. The van der Waals surface area contributed by atoms with Gasteiger partial charge in [0.05, 0.1) is 19.1 Å². The van der Waals surface area contributed by atoms with E-state index in [1.165, 1.54) is 19.2 Å². The van der Waals surface area contributed by atoms with Crippen molar-refractivity contribution in [1.82, 2.24) is 0 Å².